The van der Waals surface area contributed by atoms with Crippen molar-refractivity contribution in [2.45, 2.75) is 19.1 Å². The van der Waals surface area contributed by atoms with Gasteiger partial charge in [-0.25, -0.2) is 4.79 Å². The number of rotatable bonds is 5. The zero-order chi connectivity index (χ0) is 15.2. The van der Waals surface area contributed by atoms with Gasteiger partial charge in [-0.3, -0.25) is 4.90 Å². The van der Waals surface area contributed by atoms with Gasteiger partial charge in [0.1, 0.15) is 0 Å². The summed E-state index contributed by atoms with van der Waals surface area (Å²) in [7, 11) is 3.48. The molecule has 0 spiro atoms. The Hall–Kier alpha value is -1.59. The predicted octanol–water partition coefficient (Wildman–Crippen LogP) is 1.39. The van der Waals surface area contributed by atoms with Crippen molar-refractivity contribution >= 4 is 11.7 Å². The molecule has 1 heterocycles. The number of ether oxygens (including phenoxy) is 2. The summed E-state index contributed by atoms with van der Waals surface area (Å²) in [5.74, 6) is -0.289. The molecule has 1 saturated heterocycles. The van der Waals surface area contributed by atoms with Gasteiger partial charge in [0.05, 0.1) is 13.2 Å². The fourth-order valence-corrected chi connectivity index (χ4v) is 2.59. The van der Waals surface area contributed by atoms with Crippen molar-refractivity contribution in [1.29, 1.82) is 0 Å². The van der Waals surface area contributed by atoms with Gasteiger partial charge in [0, 0.05) is 38.9 Å². The van der Waals surface area contributed by atoms with Gasteiger partial charge in [-0.05, 0) is 19.1 Å². The highest BCUT2D eigenvalue weighted by Gasteiger charge is 2.30. The molecule has 1 fully saturated rings. The minimum absolute atomic E-state index is 0.0462. The first kappa shape index (κ1) is 15.8. The fourth-order valence-electron chi connectivity index (χ4n) is 2.59. The third kappa shape index (κ3) is 4.44. The lowest BCUT2D eigenvalue weighted by molar-refractivity contribution is -0.166. The molecule has 2 atom stereocenters. The molecule has 0 aromatic heterocycles. The Labute approximate surface area is 126 Å². The number of carbonyl (C=O) groups is 1. The Morgan fingerprint density at radius 3 is 2.76 bits per heavy atom. The summed E-state index contributed by atoms with van der Waals surface area (Å²) in [6.45, 7) is 5.23. The first-order valence-corrected chi connectivity index (χ1v) is 7.32. The highest BCUT2D eigenvalue weighted by molar-refractivity contribution is 5.75. The molecule has 1 aliphatic rings. The van der Waals surface area contributed by atoms with E-state index >= 15 is 0 Å². The second-order valence-electron chi connectivity index (χ2n) is 5.48. The molecular weight excluding hydrogens is 268 g/mol. The van der Waals surface area contributed by atoms with Crippen LogP contribution >= 0.6 is 0 Å². The fraction of sp³-hybridized carbons (Fsp3) is 0.562. The lowest BCUT2D eigenvalue weighted by atomic mass is 10.2. The van der Waals surface area contributed by atoms with Crippen LogP contribution in [0.1, 0.15) is 6.92 Å². The number of esters is 1. The average molecular weight is 292 g/mol. The van der Waals surface area contributed by atoms with Gasteiger partial charge in [0.2, 0.25) is 0 Å². The molecule has 0 aliphatic carbocycles. The van der Waals surface area contributed by atoms with Crippen molar-refractivity contribution in [2.75, 3.05) is 45.2 Å². The Kier molecular flexibility index (Phi) is 5.59. The van der Waals surface area contributed by atoms with Crippen molar-refractivity contribution in [3.8, 4) is 0 Å². The van der Waals surface area contributed by atoms with Crippen LogP contribution < -0.4 is 4.90 Å². The van der Waals surface area contributed by atoms with E-state index in [1.807, 2.05) is 25.1 Å². The number of carbonyl (C=O) groups excluding carboxylic acids is 1. The summed E-state index contributed by atoms with van der Waals surface area (Å²) in [6, 6.07) is 10.3. The van der Waals surface area contributed by atoms with Crippen LogP contribution in [0, 0.1) is 0 Å². The number of methoxy groups -OCH3 is 1. The average Bonchev–Trinajstić information content (AvgIpc) is 2.52. The first-order chi connectivity index (χ1) is 10.1. The van der Waals surface area contributed by atoms with Crippen LogP contribution in [0.15, 0.2) is 30.3 Å². The monoisotopic (exact) mass is 292 g/mol. The highest BCUT2D eigenvalue weighted by Crippen LogP contribution is 2.14. The maximum Gasteiger partial charge on any atom is 0.336 e. The smallest absolute Gasteiger partial charge is 0.336 e. The Bertz CT molecular complexity index is 452. The third-order valence-corrected chi connectivity index (χ3v) is 3.75. The SMILES string of the molecule is COC(=O)[C@H]1CN(CCN(C)c2ccccc2)C[C@@H](C)O1. The van der Waals surface area contributed by atoms with Crippen LogP contribution in [0.4, 0.5) is 5.69 Å². The van der Waals surface area contributed by atoms with Gasteiger partial charge < -0.3 is 14.4 Å². The number of hydrogen-bond acceptors (Lipinski definition) is 5. The van der Waals surface area contributed by atoms with Gasteiger partial charge in [-0.15, -0.1) is 0 Å². The molecule has 0 amide bonds. The summed E-state index contributed by atoms with van der Waals surface area (Å²) in [5.41, 5.74) is 1.20. The number of nitrogens with zero attached hydrogens (tertiary/aromatic N) is 2. The number of anilines is 1. The van der Waals surface area contributed by atoms with Gasteiger partial charge in [-0.2, -0.15) is 0 Å². The second-order valence-corrected chi connectivity index (χ2v) is 5.48. The molecule has 0 radical (unpaired) electrons. The van der Waals surface area contributed by atoms with E-state index in [1.54, 1.807) is 0 Å². The van der Waals surface area contributed by atoms with E-state index in [9.17, 15) is 4.79 Å². The lowest BCUT2D eigenvalue weighted by Crippen LogP contribution is -2.51. The van der Waals surface area contributed by atoms with E-state index in [0.29, 0.717) is 6.54 Å². The molecule has 21 heavy (non-hydrogen) atoms. The largest absolute Gasteiger partial charge is 0.467 e. The van der Waals surface area contributed by atoms with E-state index in [2.05, 4.69) is 29.0 Å². The van der Waals surface area contributed by atoms with Crippen LogP contribution in [0.25, 0.3) is 0 Å². The molecule has 1 aromatic rings. The third-order valence-electron chi connectivity index (χ3n) is 3.75. The van der Waals surface area contributed by atoms with E-state index in [4.69, 9.17) is 9.47 Å². The van der Waals surface area contributed by atoms with Gasteiger partial charge >= 0.3 is 5.97 Å². The summed E-state index contributed by atoms with van der Waals surface area (Å²) >= 11 is 0. The Morgan fingerprint density at radius 1 is 1.38 bits per heavy atom. The molecule has 5 heteroatoms. The molecule has 1 aliphatic heterocycles. The molecule has 0 N–H and O–H groups in total. The standard InChI is InChI=1S/C16H24N2O3/c1-13-11-18(12-15(21-13)16(19)20-3)10-9-17(2)14-7-5-4-6-8-14/h4-8,13,15H,9-12H2,1-3H3/t13-,15-/m1/s1. The minimum Gasteiger partial charge on any atom is -0.467 e. The summed E-state index contributed by atoms with van der Waals surface area (Å²) in [5, 5.41) is 0. The number of likely N-dealkylation sites (N-methyl/N-ethyl adjacent to an activating group) is 1. The molecule has 116 valence electrons. The van der Waals surface area contributed by atoms with E-state index in [0.717, 1.165) is 19.6 Å². The molecular formula is C16H24N2O3. The first-order valence-electron chi connectivity index (χ1n) is 7.32. The van der Waals surface area contributed by atoms with Crippen LogP contribution in [-0.4, -0.2) is 63.4 Å². The van der Waals surface area contributed by atoms with Gasteiger partial charge in [0.15, 0.2) is 6.10 Å². The van der Waals surface area contributed by atoms with Crippen molar-refractivity contribution in [2.24, 2.45) is 0 Å². The second kappa shape index (κ2) is 7.43. The number of benzene rings is 1. The number of hydrogen-bond donors (Lipinski definition) is 0. The Balaban J connectivity index is 1.86. The van der Waals surface area contributed by atoms with Gasteiger partial charge in [0.25, 0.3) is 0 Å². The van der Waals surface area contributed by atoms with Crippen LogP contribution in [0.2, 0.25) is 0 Å². The zero-order valence-corrected chi connectivity index (χ0v) is 13.0. The maximum atomic E-state index is 11.6. The predicted molar refractivity (Wildman–Crippen MR) is 82.5 cm³/mol. The van der Waals surface area contributed by atoms with Crippen molar-refractivity contribution in [3.05, 3.63) is 30.3 Å². The zero-order valence-electron chi connectivity index (χ0n) is 13.0. The van der Waals surface area contributed by atoms with Crippen LogP contribution in [0.5, 0.6) is 0 Å². The maximum absolute atomic E-state index is 11.6. The summed E-state index contributed by atoms with van der Waals surface area (Å²) < 4.78 is 10.4. The quantitative estimate of drug-likeness (QED) is 0.767. The number of morpholine rings is 1. The number of para-hydroxylation sites is 1. The highest BCUT2D eigenvalue weighted by atomic mass is 16.6. The minimum atomic E-state index is -0.471. The van der Waals surface area contributed by atoms with E-state index in [1.165, 1.54) is 12.8 Å². The molecule has 2 rings (SSSR count). The topological polar surface area (TPSA) is 42.0 Å². The normalized spacial score (nSPS) is 22.8. The summed E-state index contributed by atoms with van der Waals surface area (Å²) in [6.07, 6.45) is -0.425. The van der Waals surface area contributed by atoms with Crippen molar-refractivity contribution < 1.29 is 14.3 Å². The lowest BCUT2D eigenvalue weighted by Gasteiger charge is -2.36. The van der Waals surface area contributed by atoms with E-state index in [-0.39, 0.29) is 12.1 Å². The van der Waals surface area contributed by atoms with E-state index < -0.39 is 6.10 Å². The molecule has 5 nitrogen and oxygen atoms in total. The van der Waals surface area contributed by atoms with Crippen LogP contribution in [-0.2, 0) is 14.3 Å². The van der Waals surface area contributed by atoms with Crippen LogP contribution in [0.3, 0.4) is 0 Å². The van der Waals surface area contributed by atoms with Crippen molar-refractivity contribution in [1.82, 2.24) is 4.90 Å². The molecule has 0 bridgehead atoms. The van der Waals surface area contributed by atoms with Crippen molar-refractivity contribution in [3.63, 3.8) is 0 Å². The summed E-state index contributed by atoms with van der Waals surface area (Å²) in [4.78, 5) is 16.1. The molecule has 1 aromatic carbocycles. The van der Waals surface area contributed by atoms with Gasteiger partial charge in [-0.1, -0.05) is 18.2 Å². The molecule has 0 saturated carbocycles. The molecule has 0 unspecified atom stereocenters. The Morgan fingerprint density at radius 2 is 2.10 bits per heavy atom.